The smallest absolute Gasteiger partial charge is 0.228 e. The number of aliphatic hydroxyl groups is 1. The molecule has 0 spiro atoms. The summed E-state index contributed by atoms with van der Waals surface area (Å²) in [5.41, 5.74) is -0.0559. The predicted octanol–water partition coefficient (Wildman–Crippen LogP) is 3.18. The van der Waals surface area contributed by atoms with Gasteiger partial charge in [-0.15, -0.1) is 0 Å². The van der Waals surface area contributed by atoms with Crippen LogP contribution in [0.1, 0.15) is 31.4 Å². The fraction of sp³-hybridized carbons (Fsp3) is 0.350. The van der Waals surface area contributed by atoms with Gasteiger partial charge in [0, 0.05) is 12.5 Å². The highest BCUT2D eigenvalue weighted by Gasteiger charge is 2.53. The minimum absolute atomic E-state index is 0.0767. The molecule has 1 unspecified atom stereocenters. The number of carbonyl (C=O) groups excluding carboxylic acids is 1. The Morgan fingerprint density at radius 3 is 1.78 bits per heavy atom. The summed E-state index contributed by atoms with van der Waals surface area (Å²) in [6, 6.07) is 19.0. The van der Waals surface area contributed by atoms with Crippen molar-refractivity contribution in [2.75, 3.05) is 7.05 Å². The molecule has 0 bridgehead atoms. The highest BCUT2D eigenvalue weighted by molar-refractivity contribution is 5.84. The lowest BCUT2D eigenvalue weighted by Gasteiger charge is -2.38. The molecule has 1 saturated heterocycles. The van der Waals surface area contributed by atoms with Gasteiger partial charge in [-0.2, -0.15) is 0 Å². The Morgan fingerprint density at radius 1 is 1.00 bits per heavy atom. The molecule has 2 aromatic carbocycles. The van der Waals surface area contributed by atoms with E-state index in [1.807, 2.05) is 74.5 Å². The monoisotopic (exact) mass is 309 g/mol. The van der Waals surface area contributed by atoms with Gasteiger partial charge in [-0.1, -0.05) is 74.5 Å². The molecule has 1 heterocycles. The van der Waals surface area contributed by atoms with Crippen LogP contribution in [-0.2, 0) is 10.4 Å². The normalized spacial score (nSPS) is 20.8. The van der Waals surface area contributed by atoms with Crippen molar-refractivity contribution in [2.24, 2.45) is 5.41 Å². The van der Waals surface area contributed by atoms with Crippen molar-refractivity contribution < 1.29 is 9.90 Å². The van der Waals surface area contributed by atoms with Gasteiger partial charge in [0.25, 0.3) is 0 Å². The van der Waals surface area contributed by atoms with Crippen molar-refractivity contribution in [3.63, 3.8) is 0 Å². The number of benzene rings is 2. The number of hydrogen-bond acceptors (Lipinski definition) is 2. The van der Waals surface area contributed by atoms with Crippen molar-refractivity contribution in [3.05, 3.63) is 71.8 Å². The third-order valence-electron chi connectivity index (χ3n) is 4.98. The van der Waals surface area contributed by atoms with Crippen LogP contribution in [0.5, 0.6) is 0 Å². The summed E-state index contributed by atoms with van der Waals surface area (Å²) in [6.07, 6.45) is 0.614. The molecule has 0 saturated carbocycles. The summed E-state index contributed by atoms with van der Waals surface area (Å²) >= 11 is 0. The van der Waals surface area contributed by atoms with Crippen LogP contribution in [0.25, 0.3) is 0 Å². The van der Waals surface area contributed by atoms with Crippen molar-refractivity contribution in [2.45, 2.75) is 31.9 Å². The number of rotatable bonds is 3. The van der Waals surface area contributed by atoms with E-state index in [1.54, 1.807) is 11.9 Å². The van der Waals surface area contributed by atoms with Crippen LogP contribution in [0.4, 0.5) is 0 Å². The van der Waals surface area contributed by atoms with Crippen molar-refractivity contribution in [1.29, 1.82) is 0 Å². The Bertz CT molecular complexity index is 655. The lowest BCUT2D eigenvalue weighted by Crippen LogP contribution is -2.47. The molecule has 120 valence electrons. The van der Waals surface area contributed by atoms with Gasteiger partial charge in [0.05, 0.1) is 6.04 Å². The van der Waals surface area contributed by atoms with Crippen LogP contribution < -0.4 is 0 Å². The fourth-order valence-corrected chi connectivity index (χ4v) is 3.69. The van der Waals surface area contributed by atoms with Crippen molar-refractivity contribution >= 4 is 5.91 Å². The molecular weight excluding hydrogens is 286 g/mol. The molecule has 1 N–H and O–H groups in total. The first kappa shape index (κ1) is 15.8. The van der Waals surface area contributed by atoms with Crippen LogP contribution in [0.2, 0.25) is 0 Å². The molecule has 3 nitrogen and oxygen atoms in total. The van der Waals surface area contributed by atoms with Crippen LogP contribution in [0, 0.1) is 5.41 Å². The summed E-state index contributed by atoms with van der Waals surface area (Å²) in [5, 5.41) is 11.8. The van der Waals surface area contributed by atoms with Crippen LogP contribution in [0.3, 0.4) is 0 Å². The second kappa shape index (κ2) is 5.50. The van der Waals surface area contributed by atoms with Crippen LogP contribution >= 0.6 is 0 Å². The lowest BCUT2D eigenvalue weighted by atomic mass is 9.76. The molecule has 0 aromatic heterocycles. The zero-order chi connectivity index (χ0) is 16.7. The largest absolute Gasteiger partial charge is 0.378 e. The highest BCUT2D eigenvalue weighted by atomic mass is 16.3. The molecular formula is C20H23NO2. The summed E-state index contributed by atoms with van der Waals surface area (Å²) < 4.78 is 0. The first-order valence-corrected chi connectivity index (χ1v) is 7.98. The average molecular weight is 309 g/mol. The molecule has 3 heteroatoms. The average Bonchev–Trinajstić information content (AvgIpc) is 2.79. The number of likely N-dealkylation sites (tertiary alicyclic amines) is 1. The quantitative estimate of drug-likeness (QED) is 0.946. The van der Waals surface area contributed by atoms with E-state index in [2.05, 4.69) is 0 Å². The Kier molecular flexibility index (Phi) is 3.77. The minimum atomic E-state index is -1.22. The Balaban J connectivity index is 2.16. The fourth-order valence-electron chi connectivity index (χ4n) is 3.69. The number of hydrogen-bond donors (Lipinski definition) is 1. The standard InChI is InChI=1S/C20H23NO2/c1-19(2)14-17(21(3)18(19)22)20(23,15-10-6-4-7-11-15)16-12-8-5-9-13-16/h4-13,17,23H,14H2,1-3H3. The van der Waals surface area contributed by atoms with E-state index < -0.39 is 11.0 Å². The molecule has 1 aliphatic heterocycles. The van der Waals surface area contributed by atoms with Gasteiger partial charge in [0.15, 0.2) is 0 Å². The maximum Gasteiger partial charge on any atom is 0.228 e. The zero-order valence-corrected chi connectivity index (χ0v) is 13.9. The maximum atomic E-state index is 12.6. The SMILES string of the molecule is CN1C(=O)C(C)(C)CC1C(O)(c1ccccc1)c1ccccc1. The Labute approximate surface area is 137 Å². The van der Waals surface area contributed by atoms with E-state index in [0.29, 0.717) is 6.42 Å². The number of carbonyl (C=O) groups is 1. The third kappa shape index (κ3) is 2.45. The number of likely N-dealkylation sites (N-methyl/N-ethyl adjacent to an activating group) is 1. The lowest BCUT2D eigenvalue weighted by molar-refractivity contribution is -0.136. The first-order chi connectivity index (χ1) is 10.9. The van der Waals surface area contributed by atoms with Gasteiger partial charge in [0.2, 0.25) is 5.91 Å². The van der Waals surface area contributed by atoms with E-state index >= 15 is 0 Å². The zero-order valence-electron chi connectivity index (χ0n) is 13.9. The van der Waals surface area contributed by atoms with Gasteiger partial charge in [0.1, 0.15) is 5.60 Å². The molecule has 3 rings (SSSR count). The van der Waals surface area contributed by atoms with Crippen LogP contribution in [-0.4, -0.2) is 29.0 Å². The minimum Gasteiger partial charge on any atom is -0.378 e. The van der Waals surface area contributed by atoms with E-state index in [1.165, 1.54) is 0 Å². The van der Waals surface area contributed by atoms with Gasteiger partial charge >= 0.3 is 0 Å². The van der Waals surface area contributed by atoms with Crippen LogP contribution in [0.15, 0.2) is 60.7 Å². The third-order valence-corrected chi connectivity index (χ3v) is 4.98. The molecule has 23 heavy (non-hydrogen) atoms. The Hall–Kier alpha value is -2.13. The predicted molar refractivity (Wildman–Crippen MR) is 90.8 cm³/mol. The molecule has 1 aliphatic rings. The number of nitrogens with zero attached hydrogens (tertiary/aromatic N) is 1. The summed E-state index contributed by atoms with van der Waals surface area (Å²) in [7, 11) is 1.79. The molecule has 2 aromatic rings. The molecule has 1 atom stereocenters. The summed E-state index contributed by atoms with van der Waals surface area (Å²) in [6.45, 7) is 3.89. The molecule has 1 amide bonds. The summed E-state index contributed by atoms with van der Waals surface area (Å²) in [5.74, 6) is 0.0767. The topological polar surface area (TPSA) is 40.5 Å². The van der Waals surface area contributed by atoms with Gasteiger partial charge in [-0.05, 0) is 17.5 Å². The molecule has 1 fully saturated rings. The second-order valence-electron chi connectivity index (χ2n) is 7.02. The maximum absolute atomic E-state index is 12.6. The molecule has 0 radical (unpaired) electrons. The second-order valence-corrected chi connectivity index (χ2v) is 7.02. The van der Waals surface area contributed by atoms with E-state index in [0.717, 1.165) is 11.1 Å². The highest BCUT2D eigenvalue weighted by Crippen LogP contribution is 2.45. The van der Waals surface area contributed by atoms with Crippen molar-refractivity contribution in [1.82, 2.24) is 4.90 Å². The van der Waals surface area contributed by atoms with Gasteiger partial charge in [-0.3, -0.25) is 4.79 Å². The summed E-state index contributed by atoms with van der Waals surface area (Å²) in [4.78, 5) is 14.3. The van der Waals surface area contributed by atoms with E-state index in [4.69, 9.17) is 0 Å². The van der Waals surface area contributed by atoms with E-state index in [-0.39, 0.29) is 11.9 Å². The first-order valence-electron chi connectivity index (χ1n) is 7.98. The molecule has 0 aliphatic carbocycles. The van der Waals surface area contributed by atoms with E-state index in [9.17, 15) is 9.90 Å². The Morgan fingerprint density at radius 2 is 1.43 bits per heavy atom. The van der Waals surface area contributed by atoms with Crippen molar-refractivity contribution in [3.8, 4) is 0 Å². The number of amides is 1. The van der Waals surface area contributed by atoms with Gasteiger partial charge < -0.3 is 10.0 Å². The van der Waals surface area contributed by atoms with Gasteiger partial charge in [-0.25, -0.2) is 0 Å².